The van der Waals surface area contributed by atoms with Gasteiger partial charge < -0.3 is 15.4 Å². The molecule has 2 atom stereocenters. The van der Waals surface area contributed by atoms with E-state index in [2.05, 4.69) is 17.6 Å². The second-order valence-corrected chi connectivity index (χ2v) is 6.16. The van der Waals surface area contributed by atoms with E-state index in [9.17, 15) is 4.79 Å². The maximum Gasteiger partial charge on any atom is 0.223 e. The Hall–Kier alpha value is -0.970. The van der Waals surface area contributed by atoms with Gasteiger partial charge in [-0.3, -0.25) is 4.79 Å². The number of nitrogens with one attached hydrogen (secondary N) is 2. The quantitative estimate of drug-likeness (QED) is 0.872. The van der Waals surface area contributed by atoms with Crippen LogP contribution in [0.5, 0.6) is 5.75 Å². The minimum Gasteiger partial charge on any atom is -0.491 e. The minimum absolute atomic E-state index is 0.0128. The molecule has 4 nitrogen and oxygen atoms in total. The fraction of sp³-hybridized carbons (Fsp3) is 0.533. The first-order chi connectivity index (χ1) is 10.1. The van der Waals surface area contributed by atoms with Crippen LogP contribution in [-0.2, 0) is 4.79 Å². The molecular formula is C15H20Cl2N2O2. The molecule has 0 radical (unpaired) electrons. The van der Waals surface area contributed by atoms with E-state index in [1.54, 1.807) is 18.2 Å². The van der Waals surface area contributed by atoms with E-state index in [0.717, 1.165) is 19.5 Å². The van der Waals surface area contributed by atoms with Crippen LogP contribution in [0.25, 0.3) is 0 Å². The van der Waals surface area contributed by atoms with Crippen molar-refractivity contribution >= 4 is 29.1 Å². The second kappa shape index (κ2) is 7.87. The molecule has 1 aromatic carbocycles. The van der Waals surface area contributed by atoms with Crippen LogP contribution in [0, 0.1) is 5.92 Å². The van der Waals surface area contributed by atoms with Gasteiger partial charge in [-0.2, -0.15) is 0 Å². The van der Waals surface area contributed by atoms with Crippen LogP contribution in [0.3, 0.4) is 0 Å². The molecule has 2 unspecified atom stereocenters. The zero-order chi connectivity index (χ0) is 15.2. The molecule has 1 heterocycles. The molecule has 1 aliphatic rings. The van der Waals surface area contributed by atoms with Crippen molar-refractivity contribution < 1.29 is 9.53 Å². The van der Waals surface area contributed by atoms with Crippen molar-refractivity contribution in [2.24, 2.45) is 5.92 Å². The Bertz CT molecular complexity index is 497. The lowest BCUT2D eigenvalue weighted by Gasteiger charge is -2.30. The first-order valence-electron chi connectivity index (χ1n) is 7.14. The maximum absolute atomic E-state index is 11.9. The standard InChI is InChI=1S/C15H20Cl2N2O2/c1-10-9-18-6-4-13(10)19-15(20)5-7-21-14-3-2-11(16)8-12(14)17/h2-3,8,10,13,18H,4-7,9H2,1H3,(H,19,20). The summed E-state index contributed by atoms with van der Waals surface area (Å²) in [5.41, 5.74) is 0. The van der Waals surface area contributed by atoms with Crippen molar-refractivity contribution in [1.82, 2.24) is 10.6 Å². The van der Waals surface area contributed by atoms with E-state index in [4.69, 9.17) is 27.9 Å². The number of carbonyl (C=O) groups excluding carboxylic acids is 1. The van der Waals surface area contributed by atoms with Crippen molar-refractivity contribution in [3.8, 4) is 5.75 Å². The van der Waals surface area contributed by atoms with Crippen LogP contribution in [0.15, 0.2) is 18.2 Å². The van der Waals surface area contributed by atoms with Crippen molar-refractivity contribution in [2.45, 2.75) is 25.8 Å². The summed E-state index contributed by atoms with van der Waals surface area (Å²) >= 11 is 11.8. The summed E-state index contributed by atoms with van der Waals surface area (Å²) in [6.07, 6.45) is 1.28. The molecule has 1 saturated heterocycles. The van der Waals surface area contributed by atoms with Gasteiger partial charge in [0.2, 0.25) is 5.91 Å². The number of hydrogen-bond acceptors (Lipinski definition) is 3. The molecule has 1 fully saturated rings. The highest BCUT2D eigenvalue weighted by Crippen LogP contribution is 2.27. The third kappa shape index (κ3) is 5.06. The summed E-state index contributed by atoms with van der Waals surface area (Å²) in [5, 5.41) is 7.39. The number of carbonyl (C=O) groups is 1. The van der Waals surface area contributed by atoms with Crippen LogP contribution in [0.1, 0.15) is 19.8 Å². The summed E-state index contributed by atoms with van der Waals surface area (Å²) < 4.78 is 5.51. The second-order valence-electron chi connectivity index (χ2n) is 5.32. The molecule has 1 aromatic rings. The summed E-state index contributed by atoms with van der Waals surface area (Å²) in [7, 11) is 0. The van der Waals surface area contributed by atoms with Gasteiger partial charge in [0, 0.05) is 11.1 Å². The molecule has 0 aromatic heterocycles. The van der Waals surface area contributed by atoms with Gasteiger partial charge in [0.15, 0.2) is 0 Å². The normalized spacial score (nSPS) is 21.9. The van der Waals surface area contributed by atoms with Crippen LogP contribution in [0.4, 0.5) is 0 Å². The van der Waals surface area contributed by atoms with Crippen molar-refractivity contribution in [3.05, 3.63) is 28.2 Å². The van der Waals surface area contributed by atoms with Crippen molar-refractivity contribution in [3.63, 3.8) is 0 Å². The van der Waals surface area contributed by atoms with Crippen LogP contribution < -0.4 is 15.4 Å². The molecule has 21 heavy (non-hydrogen) atoms. The molecule has 1 aliphatic heterocycles. The van der Waals surface area contributed by atoms with E-state index in [1.807, 2.05) is 0 Å². The van der Waals surface area contributed by atoms with Crippen molar-refractivity contribution in [2.75, 3.05) is 19.7 Å². The third-order valence-corrected chi connectivity index (χ3v) is 4.14. The number of rotatable bonds is 5. The van der Waals surface area contributed by atoms with E-state index in [0.29, 0.717) is 34.7 Å². The zero-order valence-electron chi connectivity index (χ0n) is 12.0. The van der Waals surface area contributed by atoms with E-state index in [1.165, 1.54) is 0 Å². The summed E-state index contributed by atoms with van der Waals surface area (Å²) in [6, 6.07) is 5.28. The van der Waals surface area contributed by atoms with Gasteiger partial charge in [-0.15, -0.1) is 0 Å². The monoisotopic (exact) mass is 330 g/mol. The summed E-state index contributed by atoms with van der Waals surface area (Å²) in [4.78, 5) is 11.9. The summed E-state index contributed by atoms with van der Waals surface area (Å²) in [6.45, 7) is 4.33. The Morgan fingerprint density at radius 1 is 1.48 bits per heavy atom. The number of halogens is 2. The molecule has 0 spiro atoms. The van der Waals surface area contributed by atoms with Gasteiger partial charge in [0.05, 0.1) is 18.1 Å². The molecule has 1 amide bonds. The number of ether oxygens (including phenoxy) is 1. The zero-order valence-corrected chi connectivity index (χ0v) is 13.5. The van der Waals surface area contributed by atoms with E-state index in [-0.39, 0.29) is 11.9 Å². The topological polar surface area (TPSA) is 50.4 Å². The largest absolute Gasteiger partial charge is 0.491 e. The fourth-order valence-electron chi connectivity index (χ4n) is 2.35. The molecule has 0 bridgehead atoms. The Labute approximate surface area is 135 Å². The van der Waals surface area contributed by atoms with Gasteiger partial charge in [-0.05, 0) is 43.6 Å². The maximum atomic E-state index is 11.9. The number of amides is 1. The van der Waals surface area contributed by atoms with Gasteiger partial charge in [0.25, 0.3) is 0 Å². The Kier molecular flexibility index (Phi) is 6.15. The lowest BCUT2D eigenvalue weighted by molar-refractivity contribution is -0.122. The van der Waals surface area contributed by atoms with Gasteiger partial charge >= 0.3 is 0 Å². The van der Waals surface area contributed by atoms with Crippen LogP contribution >= 0.6 is 23.2 Å². The van der Waals surface area contributed by atoms with Gasteiger partial charge in [-0.25, -0.2) is 0 Å². The average molecular weight is 331 g/mol. The average Bonchev–Trinajstić information content (AvgIpc) is 2.44. The van der Waals surface area contributed by atoms with Crippen molar-refractivity contribution in [1.29, 1.82) is 0 Å². The van der Waals surface area contributed by atoms with E-state index < -0.39 is 0 Å². The number of hydrogen-bond donors (Lipinski definition) is 2. The molecule has 116 valence electrons. The molecule has 0 saturated carbocycles. The Morgan fingerprint density at radius 2 is 2.29 bits per heavy atom. The first kappa shape index (κ1) is 16.4. The molecule has 2 N–H and O–H groups in total. The van der Waals surface area contributed by atoms with Crippen LogP contribution in [-0.4, -0.2) is 31.6 Å². The highest BCUT2D eigenvalue weighted by atomic mass is 35.5. The van der Waals surface area contributed by atoms with E-state index >= 15 is 0 Å². The third-order valence-electron chi connectivity index (χ3n) is 3.61. The first-order valence-corrected chi connectivity index (χ1v) is 7.90. The lowest BCUT2D eigenvalue weighted by Crippen LogP contribution is -2.48. The van der Waals surface area contributed by atoms with Gasteiger partial charge in [0.1, 0.15) is 5.75 Å². The SMILES string of the molecule is CC1CNCCC1NC(=O)CCOc1ccc(Cl)cc1Cl. The number of piperidine rings is 1. The van der Waals surface area contributed by atoms with Crippen LogP contribution in [0.2, 0.25) is 10.0 Å². The fourth-order valence-corrected chi connectivity index (χ4v) is 2.82. The summed E-state index contributed by atoms with van der Waals surface area (Å²) in [5.74, 6) is 1.01. The predicted molar refractivity (Wildman–Crippen MR) is 85.2 cm³/mol. The van der Waals surface area contributed by atoms with Gasteiger partial charge in [-0.1, -0.05) is 30.1 Å². The Morgan fingerprint density at radius 3 is 3.00 bits per heavy atom. The lowest BCUT2D eigenvalue weighted by atomic mass is 9.95. The molecule has 0 aliphatic carbocycles. The minimum atomic E-state index is 0.0128. The highest BCUT2D eigenvalue weighted by molar-refractivity contribution is 6.35. The number of benzene rings is 1. The molecular weight excluding hydrogens is 311 g/mol. The smallest absolute Gasteiger partial charge is 0.223 e. The molecule has 6 heteroatoms. The predicted octanol–water partition coefficient (Wildman–Crippen LogP) is 2.88. The highest BCUT2D eigenvalue weighted by Gasteiger charge is 2.22. The molecule has 2 rings (SSSR count). The Balaban J connectivity index is 1.73.